The van der Waals surface area contributed by atoms with Crippen molar-refractivity contribution in [2.24, 2.45) is 17.8 Å². The number of carbonyl (C=O) groups is 1. The van der Waals surface area contributed by atoms with Gasteiger partial charge in [-0.3, -0.25) is 4.79 Å². The fourth-order valence-electron chi connectivity index (χ4n) is 5.17. The molecule has 4 fully saturated rings. The lowest BCUT2D eigenvalue weighted by Crippen LogP contribution is -2.64. The molecule has 4 bridgehead atoms. The van der Waals surface area contributed by atoms with Crippen molar-refractivity contribution in [2.45, 2.75) is 18.9 Å². The average molecular weight is 345 g/mol. The van der Waals surface area contributed by atoms with E-state index in [9.17, 15) is 4.79 Å². The van der Waals surface area contributed by atoms with Crippen LogP contribution in [0.25, 0.3) is 6.08 Å². The minimum absolute atomic E-state index is 0.0214. The van der Waals surface area contributed by atoms with Gasteiger partial charge in [-0.05, 0) is 54.9 Å². The van der Waals surface area contributed by atoms with Crippen LogP contribution in [-0.4, -0.2) is 43.1 Å². The molecule has 6 rings (SSSR count). The van der Waals surface area contributed by atoms with Gasteiger partial charge in [-0.2, -0.15) is 0 Å². The highest BCUT2D eigenvalue weighted by atomic mass is 35.5. The Kier molecular flexibility index (Phi) is 3.39. The highest BCUT2D eigenvalue weighted by Crippen LogP contribution is 2.43. The van der Waals surface area contributed by atoms with Crippen molar-refractivity contribution in [1.29, 1.82) is 0 Å². The van der Waals surface area contributed by atoms with Crippen LogP contribution in [0.4, 0.5) is 0 Å². The van der Waals surface area contributed by atoms with Gasteiger partial charge in [-0.1, -0.05) is 11.6 Å². The molecule has 4 heterocycles. The number of rotatable bonds is 2. The Morgan fingerprint density at radius 2 is 2.00 bits per heavy atom. The number of benzene rings is 1. The van der Waals surface area contributed by atoms with Crippen LogP contribution >= 0.6 is 11.6 Å². The number of nitrogens with zero attached hydrogens (tertiary/aromatic N) is 1. The summed E-state index contributed by atoms with van der Waals surface area (Å²) in [7, 11) is 0. The summed E-state index contributed by atoms with van der Waals surface area (Å²) in [6.07, 6.45) is 4.46. The van der Waals surface area contributed by atoms with Gasteiger partial charge in [0.15, 0.2) is 0 Å². The number of nitrogens with one attached hydrogen (secondary N) is 1. The van der Waals surface area contributed by atoms with Gasteiger partial charge < -0.3 is 15.0 Å². The highest BCUT2D eigenvalue weighted by Gasteiger charge is 2.48. The van der Waals surface area contributed by atoms with E-state index in [0.717, 1.165) is 30.3 Å². The molecule has 4 nitrogen and oxygen atoms in total. The number of halogens is 1. The van der Waals surface area contributed by atoms with Crippen LogP contribution < -0.4 is 10.1 Å². The zero-order chi connectivity index (χ0) is 16.3. The number of hydrogen-bond acceptors (Lipinski definition) is 3. The second-order valence-electron chi connectivity index (χ2n) is 7.72. The van der Waals surface area contributed by atoms with E-state index >= 15 is 0 Å². The summed E-state index contributed by atoms with van der Waals surface area (Å²) in [5.41, 5.74) is 1.58. The number of piperidine rings is 3. The van der Waals surface area contributed by atoms with Crippen molar-refractivity contribution in [1.82, 2.24) is 10.2 Å². The van der Waals surface area contributed by atoms with Gasteiger partial charge in [0.05, 0.1) is 5.57 Å². The first kappa shape index (κ1) is 14.8. The molecule has 0 aromatic heterocycles. The van der Waals surface area contributed by atoms with Crippen LogP contribution in [-0.2, 0) is 4.79 Å². The second-order valence-corrected chi connectivity index (χ2v) is 8.15. The fourth-order valence-corrected chi connectivity index (χ4v) is 5.35. The maximum Gasteiger partial charge on any atom is 0.250 e. The Hall–Kier alpha value is -1.52. The molecule has 3 saturated heterocycles. The lowest BCUT2D eigenvalue weighted by Gasteiger charge is -2.56. The van der Waals surface area contributed by atoms with E-state index < -0.39 is 0 Å². The zero-order valence-corrected chi connectivity index (χ0v) is 14.3. The number of fused-ring (bicyclic) bond motifs is 1. The normalized spacial score (nSPS) is 35.9. The average Bonchev–Trinajstić information content (AvgIpc) is 2.56. The molecular weight excluding hydrogens is 324 g/mol. The maximum absolute atomic E-state index is 12.8. The summed E-state index contributed by atoms with van der Waals surface area (Å²) < 4.78 is 5.72. The molecule has 1 aromatic rings. The molecule has 1 aromatic carbocycles. The molecule has 1 amide bonds. The van der Waals surface area contributed by atoms with Gasteiger partial charge in [0.2, 0.25) is 0 Å². The van der Waals surface area contributed by atoms with Gasteiger partial charge in [0.1, 0.15) is 12.4 Å². The Balaban J connectivity index is 1.34. The predicted octanol–water partition coefficient (Wildman–Crippen LogP) is 2.57. The van der Waals surface area contributed by atoms with Crippen LogP contribution in [0.5, 0.6) is 5.75 Å². The lowest BCUT2D eigenvalue weighted by atomic mass is 9.65. The van der Waals surface area contributed by atoms with Gasteiger partial charge in [0, 0.05) is 36.3 Å². The molecule has 1 aliphatic carbocycles. The quantitative estimate of drug-likeness (QED) is 0.896. The Morgan fingerprint density at radius 1 is 1.21 bits per heavy atom. The van der Waals surface area contributed by atoms with Crippen molar-refractivity contribution in [3.63, 3.8) is 0 Å². The molecule has 0 spiro atoms. The first-order valence-electron chi connectivity index (χ1n) is 8.82. The number of hydrogen-bond donors (Lipinski definition) is 1. The Labute approximate surface area is 146 Å². The molecule has 2 atom stereocenters. The van der Waals surface area contributed by atoms with E-state index in [2.05, 4.69) is 10.2 Å². The van der Waals surface area contributed by atoms with Crippen LogP contribution in [0, 0.1) is 17.8 Å². The minimum atomic E-state index is 0.0214. The number of amides is 1. The van der Waals surface area contributed by atoms with Crippen molar-refractivity contribution in [3.8, 4) is 5.75 Å². The first-order valence-corrected chi connectivity index (χ1v) is 9.19. The van der Waals surface area contributed by atoms with Crippen molar-refractivity contribution in [3.05, 3.63) is 34.4 Å². The van der Waals surface area contributed by atoms with Crippen LogP contribution in [0.2, 0.25) is 5.02 Å². The van der Waals surface area contributed by atoms with E-state index in [0.29, 0.717) is 35.1 Å². The molecular formula is C19H21ClN2O2. The molecule has 24 heavy (non-hydrogen) atoms. The van der Waals surface area contributed by atoms with Crippen LogP contribution in [0.3, 0.4) is 0 Å². The largest absolute Gasteiger partial charge is 0.488 e. The van der Waals surface area contributed by atoms with Gasteiger partial charge in [0.25, 0.3) is 5.91 Å². The monoisotopic (exact) mass is 344 g/mol. The number of carbonyl (C=O) groups excluding carboxylic acids is 1. The third kappa shape index (κ3) is 2.44. The smallest absolute Gasteiger partial charge is 0.250 e. The molecule has 5 heteroatoms. The molecule has 4 aliphatic heterocycles. The van der Waals surface area contributed by atoms with Crippen LogP contribution in [0.15, 0.2) is 23.8 Å². The minimum Gasteiger partial charge on any atom is -0.488 e. The number of ether oxygens (including phenoxy) is 1. The van der Waals surface area contributed by atoms with Gasteiger partial charge in [-0.15, -0.1) is 0 Å². The molecule has 1 saturated carbocycles. The summed E-state index contributed by atoms with van der Waals surface area (Å²) in [4.78, 5) is 15.4. The summed E-state index contributed by atoms with van der Waals surface area (Å²) >= 11 is 6.05. The van der Waals surface area contributed by atoms with Gasteiger partial charge >= 0.3 is 0 Å². The Bertz CT molecular complexity index is 702. The maximum atomic E-state index is 12.8. The first-order chi connectivity index (χ1) is 11.7. The summed E-state index contributed by atoms with van der Waals surface area (Å²) in [5.74, 6) is 2.90. The lowest BCUT2D eigenvalue weighted by molar-refractivity contribution is -0.122. The zero-order valence-electron chi connectivity index (χ0n) is 13.5. The summed E-state index contributed by atoms with van der Waals surface area (Å²) in [6.45, 7) is 3.89. The highest BCUT2D eigenvalue weighted by molar-refractivity contribution is 6.30. The topological polar surface area (TPSA) is 41.6 Å². The van der Waals surface area contributed by atoms with Crippen molar-refractivity contribution < 1.29 is 9.53 Å². The van der Waals surface area contributed by atoms with Crippen molar-refractivity contribution in [2.75, 3.05) is 26.2 Å². The van der Waals surface area contributed by atoms with Crippen molar-refractivity contribution >= 4 is 23.6 Å². The molecule has 5 aliphatic rings. The van der Waals surface area contributed by atoms with E-state index in [1.807, 2.05) is 24.3 Å². The predicted molar refractivity (Wildman–Crippen MR) is 93.0 cm³/mol. The summed E-state index contributed by atoms with van der Waals surface area (Å²) in [5, 5.41) is 3.99. The standard InChI is InChI=1S/C19H21ClN2O2/c20-16-1-2-17-12(6-16)5-15(10-24-17)19(23)21-18-13-3-11-4-14(18)9-22(7-11)8-13/h1-2,5-6,11,13-14,18H,3-4,7-10H2,(H,21,23)/t11?,13-,14-,18?/m0/s1. The second kappa shape index (κ2) is 5.50. The van der Waals surface area contributed by atoms with E-state index in [4.69, 9.17) is 16.3 Å². The third-order valence-corrected chi connectivity index (χ3v) is 6.30. The third-order valence-electron chi connectivity index (χ3n) is 6.06. The molecule has 1 N–H and O–H groups in total. The van der Waals surface area contributed by atoms with Crippen LogP contribution in [0.1, 0.15) is 18.4 Å². The van der Waals surface area contributed by atoms with E-state index in [-0.39, 0.29) is 5.91 Å². The SMILES string of the molecule is O=C(NC1[C@H]2CC3C[C@H]1CN(C3)C2)C1=Cc2cc(Cl)ccc2OC1. The van der Waals surface area contributed by atoms with Gasteiger partial charge in [-0.25, -0.2) is 0 Å². The Morgan fingerprint density at radius 3 is 2.75 bits per heavy atom. The molecule has 0 radical (unpaired) electrons. The molecule has 0 unspecified atom stereocenters. The van der Waals surface area contributed by atoms with E-state index in [1.165, 1.54) is 19.4 Å². The fraction of sp³-hybridized carbons (Fsp3) is 0.526. The van der Waals surface area contributed by atoms with E-state index in [1.54, 1.807) is 0 Å². The summed E-state index contributed by atoms with van der Waals surface area (Å²) in [6, 6.07) is 5.84. The molecule has 126 valence electrons.